The van der Waals surface area contributed by atoms with Crippen LogP contribution in [0.1, 0.15) is 48.4 Å². The van der Waals surface area contributed by atoms with Crippen molar-refractivity contribution in [3.8, 4) is 0 Å². The molecule has 0 N–H and O–H groups in total. The molecule has 174 valence electrons. The van der Waals surface area contributed by atoms with Gasteiger partial charge in [-0.25, -0.2) is 19.9 Å². The highest BCUT2D eigenvalue weighted by molar-refractivity contribution is 7.98. The largest absolute Gasteiger partial charge is 0.231 e. The number of hydrogen-bond donors (Lipinski definition) is 0. The first-order valence-corrected chi connectivity index (χ1v) is 13.2. The van der Waals surface area contributed by atoms with Crippen LogP contribution in [-0.2, 0) is 11.5 Å². The molecule has 0 aliphatic heterocycles. The highest BCUT2D eigenvalue weighted by Gasteiger charge is 2.03. The summed E-state index contributed by atoms with van der Waals surface area (Å²) in [7, 11) is 0. The van der Waals surface area contributed by atoms with Crippen molar-refractivity contribution in [2.75, 3.05) is 0 Å². The first-order chi connectivity index (χ1) is 16.7. The molecule has 2 aromatic carbocycles. The number of hydrogen-bond acceptors (Lipinski definition) is 6. The van der Waals surface area contributed by atoms with Crippen molar-refractivity contribution in [1.29, 1.82) is 0 Å². The Labute approximate surface area is 211 Å². The molecular formula is C28H30N4S2. The van der Waals surface area contributed by atoms with Crippen molar-refractivity contribution in [2.45, 2.75) is 48.0 Å². The van der Waals surface area contributed by atoms with Gasteiger partial charge in [-0.3, -0.25) is 0 Å². The first-order valence-electron chi connectivity index (χ1n) is 11.3. The lowest BCUT2D eigenvalue weighted by Crippen LogP contribution is -1.91. The molecule has 0 radical (unpaired) electrons. The van der Waals surface area contributed by atoms with Crippen LogP contribution in [0.2, 0.25) is 0 Å². The van der Waals surface area contributed by atoms with Crippen molar-refractivity contribution >= 4 is 29.6 Å². The van der Waals surface area contributed by atoms with Gasteiger partial charge in [0.2, 0.25) is 0 Å². The summed E-state index contributed by atoms with van der Waals surface area (Å²) >= 11 is 3.31. The lowest BCUT2D eigenvalue weighted by Gasteiger charge is -2.09. The number of thioether (sulfide) groups is 2. The molecule has 4 aromatic rings. The van der Waals surface area contributed by atoms with Crippen LogP contribution in [0.5, 0.6) is 0 Å². The molecule has 0 saturated heterocycles. The van der Waals surface area contributed by atoms with E-state index in [4.69, 9.17) is 0 Å². The summed E-state index contributed by atoms with van der Waals surface area (Å²) < 4.78 is 0. The fraction of sp³-hybridized carbons (Fsp3) is 0.214. The van der Waals surface area contributed by atoms with Crippen LogP contribution in [0.25, 0.3) is 6.08 Å². The van der Waals surface area contributed by atoms with Gasteiger partial charge in [0.15, 0.2) is 10.3 Å². The highest BCUT2D eigenvalue weighted by Crippen LogP contribution is 2.22. The summed E-state index contributed by atoms with van der Waals surface area (Å²) in [6, 6.07) is 20.9. The van der Waals surface area contributed by atoms with Gasteiger partial charge >= 0.3 is 0 Å². The van der Waals surface area contributed by atoms with E-state index < -0.39 is 0 Å². The summed E-state index contributed by atoms with van der Waals surface area (Å²) in [6.07, 6.45) is 10.1. The zero-order valence-corrected chi connectivity index (χ0v) is 21.3. The van der Waals surface area contributed by atoms with E-state index in [0.717, 1.165) is 27.4 Å². The average Bonchev–Trinajstić information content (AvgIpc) is 2.92. The molecule has 0 aliphatic rings. The molecule has 34 heavy (non-hydrogen) atoms. The molecule has 0 bridgehead atoms. The Morgan fingerprint density at radius 2 is 1.18 bits per heavy atom. The van der Waals surface area contributed by atoms with Gasteiger partial charge in [-0.1, -0.05) is 98.6 Å². The number of rotatable bonds is 9. The molecular weight excluding hydrogens is 456 g/mol. The quantitative estimate of drug-likeness (QED) is 0.178. The fourth-order valence-electron chi connectivity index (χ4n) is 2.94. The normalized spacial score (nSPS) is 11.2. The summed E-state index contributed by atoms with van der Waals surface area (Å²) in [5.41, 5.74) is 5.15. The zero-order valence-electron chi connectivity index (χ0n) is 19.7. The molecule has 4 rings (SSSR count). The lowest BCUT2D eigenvalue weighted by molar-refractivity contribution is 0.733. The van der Waals surface area contributed by atoms with E-state index >= 15 is 0 Å². The summed E-state index contributed by atoms with van der Waals surface area (Å²) in [4.78, 5) is 16.7. The van der Waals surface area contributed by atoms with Crippen LogP contribution in [0.4, 0.5) is 0 Å². The van der Waals surface area contributed by atoms with Crippen molar-refractivity contribution in [2.24, 2.45) is 0 Å². The molecule has 0 saturated carbocycles. The molecule has 4 nitrogen and oxygen atoms in total. The van der Waals surface area contributed by atoms with Gasteiger partial charge < -0.3 is 0 Å². The van der Waals surface area contributed by atoms with E-state index in [9.17, 15) is 0 Å². The summed E-state index contributed by atoms with van der Waals surface area (Å²) in [5, 5.41) is 1.65. The maximum atomic E-state index is 4.20. The predicted molar refractivity (Wildman–Crippen MR) is 145 cm³/mol. The van der Waals surface area contributed by atoms with E-state index in [1.165, 1.54) is 23.1 Å². The molecule has 1 atom stereocenters. The van der Waals surface area contributed by atoms with Crippen LogP contribution in [0.15, 0.2) is 102 Å². The van der Waals surface area contributed by atoms with Crippen LogP contribution in [-0.4, -0.2) is 19.9 Å². The monoisotopic (exact) mass is 486 g/mol. The molecule has 2 heterocycles. The Balaban J connectivity index is 0.000000192. The minimum absolute atomic E-state index is 0.643. The van der Waals surface area contributed by atoms with Gasteiger partial charge in [-0.2, -0.15) is 0 Å². The predicted octanol–water partition coefficient (Wildman–Crippen LogP) is 7.69. The number of nitrogens with zero attached hydrogens (tertiary/aromatic N) is 4. The lowest BCUT2D eigenvalue weighted by atomic mass is 9.98. The molecule has 0 aliphatic carbocycles. The van der Waals surface area contributed by atoms with Gasteiger partial charge in [0.25, 0.3) is 0 Å². The van der Waals surface area contributed by atoms with Gasteiger partial charge in [0.05, 0.1) is 0 Å². The second-order valence-electron chi connectivity index (χ2n) is 7.64. The minimum Gasteiger partial charge on any atom is -0.231 e. The maximum Gasteiger partial charge on any atom is 0.187 e. The number of benzene rings is 2. The summed E-state index contributed by atoms with van der Waals surface area (Å²) in [5.74, 6) is 2.45. The van der Waals surface area contributed by atoms with E-state index in [1.54, 1.807) is 48.3 Å². The SMILES string of the molecule is C=Cc1ccc(CSc2ncccn2)cc1.CCC(C)c1ccc(CSc2ncccn2)cc1. The van der Waals surface area contributed by atoms with E-state index in [1.807, 2.05) is 18.2 Å². The Morgan fingerprint density at radius 3 is 1.59 bits per heavy atom. The third kappa shape index (κ3) is 8.76. The van der Waals surface area contributed by atoms with Gasteiger partial charge in [-0.15, -0.1) is 0 Å². The maximum absolute atomic E-state index is 4.20. The minimum atomic E-state index is 0.643. The topological polar surface area (TPSA) is 51.6 Å². The standard InChI is InChI=1S/C15H18N2S.C13H12N2S/c1-3-12(2)14-7-5-13(6-8-14)11-18-15-16-9-4-10-17-15;1-2-11-4-6-12(7-5-11)10-16-13-14-8-3-9-15-13/h4-10,12H,3,11H2,1-2H3;2-9H,1,10H2. The van der Waals surface area contributed by atoms with E-state index in [-0.39, 0.29) is 0 Å². The molecule has 0 amide bonds. The molecule has 0 spiro atoms. The van der Waals surface area contributed by atoms with E-state index in [2.05, 4.69) is 88.9 Å². The van der Waals surface area contributed by atoms with Crippen molar-refractivity contribution in [1.82, 2.24) is 19.9 Å². The highest BCUT2D eigenvalue weighted by atomic mass is 32.2. The Morgan fingerprint density at radius 1 is 0.735 bits per heavy atom. The summed E-state index contributed by atoms with van der Waals surface area (Å²) in [6.45, 7) is 8.22. The van der Waals surface area contributed by atoms with Crippen LogP contribution < -0.4 is 0 Å². The second-order valence-corrected chi connectivity index (χ2v) is 9.52. The zero-order chi connectivity index (χ0) is 24.0. The molecule has 6 heteroatoms. The second kappa shape index (κ2) is 14.3. The van der Waals surface area contributed by atoms with Gasteiger partial charge in [0.1, 0.15) is 0 Å². The van der Waals surface area contributed by atoms with E-state index in [0.29, 0.717) is 5.92 Å². The van der Waals surface area contributed by atoms with Crippen LogP contribution >= 0.6 is 23.5 Å². The van der Waals surface area contributed by atoms with Crippen molar-refractivity contribution < 1.29 is 0 Å². The van der Waals surface area contributed by atoms with Crippen LogP contribution in [0.3, 0.4) is 0 Å². The molecule has 2 aromatic heterocycles. The van der Waals surface area contributed by atoms with Gasteiger partial charge in [0, 0.05) is 36.3 Å². The van der Waals surface area contributed by atoms with Crippen molar-refractivity contribution in [3.05, 3.63) is 114 Å². The Kier molecular flexibility index (Phi) is 10.8. The average molecular weight is 487 g/mol. The first kappa shape index (κ1) is 25.7. The third-order valence-electron chi connectivity index (χ3n) is 5.20. The van der Waals surface area contributed by atoms with Crippen molar-refractivity contribution in [3.63, 3.8) is 0 Å². The van der Waals surface area contributed by atoms with Crippen LogP contribution in [0, 0.1) is 0 Å². The van der Waals surface area contributed by atoms with Gasteiger partial charge in [-0.05, 0) is 46.7 Å². The Hall–Kier alpha value is -2.96. The number of aromatic nitrogens is 4. The third-order valence-corrected chi connectivity index (χ3v) is 7.09. The Bertz CT molecular complexity index is 1100. The fourth-order valence-corrected chi connectivity index (χ4v) is 4.46. The smallest absolute Gasteiger partial charge is 0.187 e. The molecule has 1 unspecified atom stereocenters. The molecule has 0 fully saturated rings.